The summed E-state index contributed by atoms with van der Waals surface area (Å²) >= 11 is 9.51. The van der Waals surface area contributed by atoms with Gasteiger partial charge in [0.05, 0.1) is 0 Å². The Kier molecular flexibility index (Phi) is 3.00. The molecule has 0 saturated heterocycles. The molecule has 0 spiro atoms. The maximum Gasteiger partial charge on any atom is 0.181 e. The smallest absolute Gasteiger partial charge is 0.181 e. The molecule has 22 heavy (non-hydrogen) atoms. The molecule has 2 aromatic rings. The van der Waals surface area contributed by atoms with Crippen molar-refractivity contribution >= 4 is 44.6 Å². The van der Waals surface area contributed by atoms with Gasteiger partial charge in [0, 0.05) is 21.1 Å². The molecule has 2 aliphatic rings. The Morgan fingerprint density at radius 1 is 1.18 bits per heavy atom. The van der Waals surface area contributed by atoms with E-state index in [1.165, 1.54) is 0 Å². The molecular formula is C18H13BrClNO. The number of anilines is 1. The summed E-state index contributed by atoms with van der Waals surface area (Å²) in [5.74, 6) is 0.142. The van der Waals surface area contributed by atoms with Crippen LogP contribution in [0.15, 0.2) is 53.0 Å². The van der Waals surface area contributed by atoms with E-state index in [0.717, 1.165) is 26.9 Å². The molecule has 4 heteroatoms. The van der Waals surface area contributed by atoms with E-state index in [1.807, 2.05) is 43.3 Å². The molecule has 0 radical (unpaired) electrons. The molecule has 1 N–H and O–H groups in total. The fourth-order valence-corrected chi connectivity index (χ4v) is 4.00. The molecule has 0 saturated carbocycles. The lowest BCUT2D eigenvalue weighted by Crippen LogP contribution is -2.40. The Labute approximate surface area is 142 Å². The van der Waals surface area contributed by atoms with E-state index in [2.05, 4.69) is 27.3 Å². The van der Waals surface area contributed by atoms with Crippen LogP contribution in [0.5, 0.6) is 0 Å². The summed E-state index contributed by atoms with van der Waals surface area (Å²) in [5.41, 5.74) is 3.68. The van der Waals surface area contributed by atoms with Gasteiger partial charge in [0.1, 0.15) is 5.54 Å². The van der Waals surface area contributed by atoms with Crippen molar-refractivity contribution in [3.05, 3.63) is 69.2 Å². The molecule has 1 aliphatic carbocycles. The number of rotatable bonds is 1. The molecule has 2 atom stereocenters. The van der Waals surface area contributed by atoms with Crippen LogP contribution in [0, 0.1) is 0 Å². The first-order valence-corrected chi connectivity index (χ1v) is 8.26. The number of carbonyl (C=O) groups excluding carboxylic acids is 1. The van der Waals surface area contributed by atoms with E-state index >= 15 is 0 Å². The van der Waals surface area contributed by atoms with Gasteiger partial charge in [0.25, 0.3) is 0 Å². The SMILES string of the molecule is C[C@@]12Nc3ccc(Br)cc3[C@@H]1C(c1ccc(Cl)cc1)=CC2=O. The second-order valence-corrected chi connectivity index (χ2v) is 7.31. The zero-order valence-electron chi connectivity index (χ0n) is 11.9. The van der Waals surface area contributed by atoms with E-state index in [0.29, 0.717) is 5.02 Å². The van der Waals surface area contributed by atoms with Gasteiger partial charge in [-0.15, -0.1) is 0 Å². The first kappa shape index (κ1) is 14.0. The molecule has 1 aliphatic heterocycles. The second kappa shape index (κ2) is 4.71. The van der Waals surface area contributed by atoms with Crippen LogP contribution in [0.25, 0.3) is 5.57 Å². The van der Waals surface area contributed by atoms with E-state index in [1.54, 1.807) is 6.08 Å². The van der Waals surface area contributed by atoms with Crippen molar-refractivity contribution in [2.24, 2.45) is 0 Å². The van der Waals surface area contributed by atoms with Gasteiger partial charge in [-0.2, -0.15) is 0 Å². The molecular weight excluding hydrogens is 362 g/mol. The van der Waals surface area contributed by atoms with Crippen LogP contribution in [0.2, 0.25) is 5.02 Å². The molecule has 0 bridgehead atoms. The summed E-state index contributed by atoms with van der Waals surface area (Å²) in [4.78, 5) is 12.6. The highest BCUT2D eigenvalue weighted by Gasteiger charge is 2.52. The lowest BCUT2D eigenvalue weighted by Gasteiger charge is -2.25. The Hall–Kier alpha value is -1.58. The van der Waals surface area contributed by atoms with Crippen LogP contribution in [0.4, 0.5) is 5.69 Å². The van der Waals surface area contributed by atoms with Crippen LogP contribution in [-0.2, 0) is 4.79 Å². The van der Waals surface area contributed by atoms with Crippen molar-refractivity contribution in [2.75, 3.05) is 5.32 Å². The maximum absolute atomic E-state index is 12.6. The predicted octanol–water partition coefficient (Wildman–Crippen LogP) is 5.04. The van der Waals surface area contributed by atoms with Crippen molar-refractivity contribution in [2.45, 2.75) is 18.4 Å². The van der Waals surface area contributed by atoms with Crippen LogP contribution in [-0.4, -0.2) is 11.3 Å². The van der Waals surface area contributed by atoms with E-state index in [-0.39, 0.29) is 11.7 Å². The number of carbonyl (C=O) groups is 1. The van der Waals surface area contributed by atoms with Gasteiger partial charge in [-0.1, -0.05) is 39.7 Å². The molecule has 0 amide bonds. The molecule has 0 unspecified atom stereocenters. The summed E-state index contributed by atoms with van der Waals surface area (Å²) in [5, 5.41) is 4.11. The third-order valence-corrected chi connectivity index (χ3v) is 5.33. The Balaban J connectivity index is 1.89. The number of hydrogen-bond donors (Lipinski definition) is 1. The van der Waals surface area contributed by atoms with Crippen molar-refractivity contribution in [1.29, 1.82) is 0 Å². The third kappa shape index (κ3) is 1.89. The largest absolute Gasteiger partial charge is 0.372 e. The molecule has 0 fully saturated rings. The number of ketones is 1. The normalized spacial score (nSPS) is 25.5. The van der Waals surface area contributed by atoms with Crippen molar-refractivity contribution < 1.29 is 4.79 Å². The Morgan fingerprint density at radius 2 is 1.91 bits per heavy atom. The van der Waals surface area contributed by atoms with Crippen LogP contribution in [0.3, 0.4) is 0 Å². The first-order chi connectivity index (χ1) is 10.5. The van der Waals surface area contributed by atoms with Gasteiger partial charge in [-0.25, -0.2) is 0 Å². The summed E-state index contributed by atoms with van der Waals surface area (Å²) in [6, 6.07) is 13.8. The molecule has 110 valence electrons. The minimum atomic E-state index is -0.599. The average Bonchev–Trinajstić information content (AvgIpc) is 2.91. The van der Waals surface area contributed by atoms with E-state index in [9.17, 15) is 4.79 Å². The first-order valence-electron chi connectivity index (χ1n) is 7.08. The zero-order chi connectivity index (χ0) is 15.5. The number of hydrogen-bond acceptors (Lipinski definition) is 2. The predicted molar refractivity (Wildman–Crippen MR) is 93.3 cm³/mol. The fourth-order valence-electron chi connectivity index (χ4n) is 3.50. The van der Waals surface area contributed by atoms with E-state index in [4.69, 9.17) is 11.6 Å². The highest BCUT2D eigenvalue weighted by atomic mass is 79.9. The van der Waals surface area contributed by atoms with Crippen molar-refractivity contribution in [3.8, 4) is 0 Å². The zero-order valence-corrected chi connectivity index (χ0v) is 14.2. The molecule has 4 rings (SSSR count). The topological polar surface area (TPSA) is 29.1 Å². The van der Waals surface area contributed by atoms with Crippen molar-refractivity contribution in [1.82, 2.24) is 0 Å². The standard InChI is InChI=1S/C18H13BrClNO/c1-18-16(22)9-13(10-2-5-12(20)6-3-10)17(18)14-8-11(19)4-7-15(14)21-18/h2-9,17,21H,1H3/t17-,18-/m0/s1. The average molecular weight is 375 g/mol. The highest BCUT2D eigenvalue weighted by Crippen LogP contribution is 2.54. The third-order valence-electron chi connectivity index (χ3n) is 4.58. The quantitative estimate of drug-likeness (QED) is 0.758. The number of nitrogens with one attached hydrogen (secondary N) is 1. The maximum atomic E-state index is 12.6. The molecule has 2 nitrogen and oxygen atoms in total. The summed E-state index contributed by atoms with van der Waals surface area (Å²) in [6.07, 6.45) is 1.77. The number of halogens is 2. The van der Waals surface area contributed by atoms with Gasteiger partial charge < -0.3 is 5.32 Å². The monoisotopic (exact) mass is 373 g/mol. The lowest BCUT2D eigenvalue weighted by atomic mass is 9.81. The molecule has 1 heterocycles. The van der Waals surface area contributed by atoms with E-state index < -0.39 is 5.54 Å². The van der Waals surface area contributed by atoms with Gasteiger partial charge in [-0.3, -0.25) is 4.79 Å². The van der Waals surface area contributed by atoms with Crippen LogP contribution in [0.1, 0.15) is 24.0 Å². The summed E-state index contributed by atoms with van der Waals surface area (Å²) in [7, 11) is 0. The Bertz CT molecular complexity index is 827. The second-order valence-electron chi connectivity index (χ2n) is 5.96. The number of benzene rings is 2. The lowest BCUT2D eigenvalue weighted by molar-refractivity contribution is -0.117. The summed E-state index contributed by atoms with van der Waals surface area (Å²) in [6.45, 7) is 1.98. The Morgan fingerprint density at radius 3 is 2.64 bits per heavy atom. The van der Waals surface area contributed by atoms with Gasteiger partial charge in [-0.05, 0) is 60.0 Å². The minimum absolute atomic E-state index is 0.0219. The van der Waals surface area contributed by atoms with Gasteiger partial charge in [0.2, 0.25) is 0 Å². The molecule has 0 aromatic heterocycles. The highest BCUT2D eigenvalue weighted by molar-refractivity contribution is 9.10. The number of fused-ring (bicyclic) bond motifs is 3. The van der Waals surface area contributed by atoms with Gasteiger partial charge >= 0.3 is 0 Å². The molecule has 2 aromatic carbocycles. The van der Waals surface area contributed by atoms with Gasteiger partial charge in [0.15, 0.2) is 5.78 Å². The minimum Gasteiger partial charge on any atom is -0.372 e. The summed E-state index contributed by atoms with van der Waals surface area (Å²) < 4.78 is 1.02. The fraction of sp³-hybridized carbons (Fsp3) is 0.167. The van der Waals surface area contributed by atoms with Crippen molar-refractivity contribution in [3.63, 3.8) is 0 Å². The van der Waals surface area contributed by atoms with Crippen LogP contribution >= 0.6 is 27.5 Å². The van der Waals surface area contributed by atoms with Crippen LogP contribution < -0.4 is 5.32 Å².